The van der Waals surface area contributed by atoms with Gasteiger partial charge >= 0.3 is 0 Å². The van der Waals surface area contributed by atoms with Gasteiger partial charge in [0.15, 0.2) is 0 Å². The molecule has 0 aliphatic carbocycles. The molecule has 1 aromatic heterocycles. The number of ether oxygens (including phenoxy) is 1. The van der Waals surface area contributed by atoms with Gasteiger partial charge in [-0.25, -0.2) is 9.97 Å². The molecule has 1 unspecified atom stereocenters. The first-order valence-electron chi connectivity index (χ1n) is 8.75. The van der Waals surface area contributed by atoms with Gasteiger partial charge in [0, 0.05) is 38.8 Å². The van der Waals surface area contributed by atoms with Crippen LogP contribution in [-0.2, 0) is 13.0 Å². The van der Waals surface area contributed by atoms with Crippen molar-refractivity contribution in [3.8, 4) is 5.75 Å². The number of benzene rings is 1. The second kappa shape index (κ2) is 6.77. The molecule has 5 nitrogen and oxygen atoms in total. The van der Waals surface area contributed by atoms with E-state index in [1.54, 1.807) is 6.33 Å². The molecule has 1 aromatic carbocycles. The van der Waals surface area contributed by atoms with Crippen molar-refractivity contribution in [3.63, 3.8) is 0 Å². The fourth-order valence-electron chi connectivity index (χ4n) is 3.77. The number of aromatic nitrogens is 2. The monoisotopic (exact) mass is 324 g/mol. The Hall–Kier alpha value is -2.14. The molecule has 2 aromatic rings. The summed E-state index contributed by atoms with van der Waals surface area (Å²) in [7, 11) is 2.14. The number of fused-ring (bicyclic) bond motifs is 1. The van der Waals surface area contributed by atoms with Crippen LogP contribution in [-0.4, -0.2) is 47.7 Å². The molecule has 1 atom stereocenters. The molecule has 0 N–H and O–H groups in total. The lowest BCUT2D eigenvalue weighted by Crippen LogP contribution is -2.46. The molecule has 24 heavy (non-hydrogen) atoms. The van der Waals surface area contributed by atoms with E-state index in [0.717, 1.165) is 37.7 Å². The molecule has 5 heteroatoms. The van der Waals surface area contributed by atoms with E-state index in [1.807, 2.05) is 12.3 Å². The first kappa shape index (κ1) is 15.4. The summed E-state index contributed by atoms with van der Waals surface area (Å²) in [6, 6.07) is 9.15. The molecule has 0 radical (unpaired) electrons. The van der Waals surface area contributed by atoms with Crippen LogP contribution in [0.15, 0.2) is 36.8 Å². The van der Waals surface area contributed by atoms with Crippen LogP contribution in [0.25, 0.3) is 0 Å². The van der Waals surface area contributed by atoms with Crippen molar-refractivity contribution in [2.45, 2.75) is 31.8 Å². The van der Waals surface area contributed by atoms with Gasteiger partial charge < -0.3 is 9.64 Å². The molecule has 2 aliphatic rings. The molecule has 4 rings (SSSR count). The van der Waals surface area contributed by atoms with E-state index in [9.17, 15) is 0 Å². The van der Waals surface area contributed by atoms with E-state index >= 15 is 0 Å². The Bertz CT molecular complexity index is 691. The van der Waals surface area contributed by atoms with E-state index in [0.29, 0.717) is 6.04 Å². The van der Waals surface area contributed by atoms with Crippen LogP contribution in [0.4, 0.5) is 5.82 Å². The van der Waals surface area contributed by atoms with Gasteiger partial charge in [-0.05, 0) is 42.6 Å². The van der Waals surface area contributed by atoms with Crippen LogP contribution in [0.2, 0.25) is 0 Å². The maximum atomic E-state index is 5.61. The van der Waals surface area contributed by atoms with Gasteiger partial charge in [0.05, 0.1) is 6.61 Å². The third-order valence-corrected chi connectivity index (χ3v) is 5.12. The average molecular weight is 324 g/mol. The van der Waals surface area contributed by atoms with Crippen LogP contribution in [0.1, 0.15) is 24.0 Å². The molecule has 126 valence electrons. The van der Waals surface area contributed by atoms with E-state index in [-0.39, 0.29) is 0 Å². The van der Waals surface area contributed by atoms with Crippen LogP contribution < -0.4 is 9.64 Å². The first-order chi connectivity index (χ1) is 11.8. The maximum Gasteiger partial charge on any atom is 0.131 e. The largest absolute Gasteiger partial charge is 0.493 e. The zero-order valence-corrected chi connectivity index (χ0v) is 14.2. The average Bonchev–Trinajstić information content (AvgIpc) is 3.10. The van der Waals surface area contributed by atoms with Crippen LogP contribution in [0.3, 0.4) is 0 Å². The third kappa shape index (κ3) is 3.22. The Morgan fingerprint density at radius 2 is 2.29 bits per heavy atom. The molecule has 0 bridgehead atoms. The van der Waals surface area contributed by atoms with Gasteiger partial charge in [0.25, 0.3) is 0 Å². The molecule has 1 saturated heterocycles. The minimum Gasteiger partial charge on any atom is -0.493 e. The van der Waals surface area contributed by atoms with Crippen molar-refractivity contribution < 1.29 is 4.74 Å². The lowest BCUT2D eigenvalue weighted by molar-refractivity contribution is 0.198. The van der Waals surface area contributed by atoms with Crippen molar-refractivity contribution in [2.24, 2.45) is 0 Å². The smallest absolute Gasteiger partial charge is 0.131 e. The number of likely N-dealkylation sites (tertiary alicyclic amines) is 1. The number of likely N-dealkylation sites (N-methyl/N-ethyl adjacent to an activating group) is 1. The molecule has 2 aliphatic heterocycles. The zero-order chi connectivity index (χ0) is 16.4. The maximum absolute atomic E-state index is 5.61. The fourth-order valence-corrected chi connectivity index (χ4v) is 3.77. The minimum absolute atomic E-state index is 0.506. The highest BCUT2D eigenvalue weighted by molar-refractivity contribution is 5.40. The summed E-state index contributed by atoms with van der Waals surface area (Å²) in [5.74, 6) is 2.07. The summed E-state index contributed by atoms with van der Waals surface area (Å²) in [5.41, 5.74) is 2.75. The van der Waals surface area contributed by atoms with E-state index in [2.05, 4.69) is 45.0 Å². The summed E-state index contributed by atoms with van der Waals surface area (Å²) in [4.78, 5) is 13.3. The Kier molecular flexibility index (Phi) is 4.34. The molecule has 0 saturated carbocycles. The highest BCUT2D eigenvalue weighted by Gasteiger charge is 2.24. The van der Waals surface area contributed by atoms with Gasteiger partial charge in [-0.2, -0.15) is 0 Å². The summed E-state index contributed by atoms with van der Waals surface area (Å²) in [6.07, 6.45) is 6.93. The second-order valence-corrected chi connectivity index (χ2v) is 6.75. The molecular weight excluding hydrogens is 300 g/mol. The standard InChI is InChI=1S/C19H24N4O/c1-22(19-6-8-20-14-21-19)17-3-2-9-23(13-17)12-15-4-5-18-16(11-15)7-10-24-18/h4-6,8,11,14,17H,2-3,7,9-10,12-13H2,1H3. The first-order valence-corrected chi connectivity index (χ1v) is 8.75. The van der Waals surface area contributed by atoms with E-state index in [1.165, 1.54) is 30.5 Å². The van der Waals surface area contributed by atoms with Crippen LogP contribution in [0, 0.1) is 0 Å². The molecule has 3 heterocycles. The van der Waals surface area contributed by atoms with Crippen molar-refractivity contribution in [1.82, 2.24) is 14.9 Å². The summed E-state index contributed by atoms with van der Waals surface area (Å²) < 4.78 is 5.61. The third-order valence-electron chi connectivity index (χ3n) is 5.12. The Labute approximate surface area is 143 Å². The number of rotatable bonds is 4. The zero-order valence-electron chi connectivity index (χ0n) is 14.2. The van der Waals surface area contributed by atoms with Gasteiger partial charge in [-0.15, -0.1) is 0 Å². The summed E-state index contributed by atoms with van der Waals surface area (Å²) >= 11 is 0. The van der Waals surface area contributed by atoms with Gasteiger partial charge in [0.1, 0.15) is 17.9 Å². The SMILES string of the molecule is CN(c1ccncn1)C1CCCN(Cc2ccc3c(c2)CCO3)C1. The lowest BCUT2D eigenvalue weighted by Gasteiger charge is -2.38. The van der Waals surface area contributed by atoms with Crippen molar-refractivity contribution >= 4 is 5.82 Å². The van der Waals surface area contributed by atoms with Crippen LogP contribution >= 0.6 is 0 Å². The molecular formula is C19H24N4O. The highest BCUT2D eigenvalue weighted by atomic mass is 16.5. The topological polar surface area (TPSA) is 41.5 Å². The Morgan fingerprint density at radius 1 is 1.33 bits per heavy atom. The predicted octanol–water partition coefficient (Wildman–Crippen LogP) is 2.51. The Morgan fingerprint density at radius 3 is 3.17 bits per heavy atom. The number of nitrogens with zero attached hydrogens (tertiary/aromatic N) is 4. The number of anilines is 1. The fraction of sp³-hybridized carbons (Fsp3) is 0.474. The van der Waals surface area contributed by atoms with E-state index in [4.69, 9.17) is 4.74 Å². The van der Waals surface area contributed by atoms with Crippen LogP contribution in [0.5, 0.6) is 5.75 Å². The normalized spacial score (nSPS) is 20.5. The van der Waals surface area contributed by atoms with Crippen molar-refractivity contribution in [1.29, 1.82) is 0 Å². The molecule has 0 spiro atoms. The number of hydrogen-bond acceptors (Lipinski definition) is 5. The number of hydrogen-bond donors (Lipinski definition) is 0. The van der Waals surface area contributed by atoms with Gasteiger partial charge in [-0.1, -0.05) is 12.1 Å². The highest BCUT2D eigenvalue weighted by Crippen LogP contribution is 2.27. The molecule has 0 amide bonds. The summed E-state index contributed by atoms with van der Waals surface area (Å²) in [5, 5.41) is 0. The van der Waals surface area contributed by atoms with Crippen molar-refractivity contribution in [2.75, 3.05) is 31.6 Å². The molecule has 1 fully saturated rings. The summed E-state index contributed by atoms with van der Waals surface area (Å²) in [6.45, 7) is 4.09. The van der Waals surface area contributed by atoms with Crippen molar-refractivity contribution in [3.05, 3.63) is 47.9 Å². The minimum atomic E-state index is 0.506. The van der Waals surface area contributed by atoms with Gasteiger partial charge in [-0.3, -0.25) is 4.90 Å². The second-order valence-electron chi connectivity index (χ2n) is 6.75. The predicted molar refractivity (Wildman–Crippen MR) is 94.4 cm³/mol. The Balaban J connectivity index is 1.41. The number of piperidine rings is 1. The quantitative estimate of drug-likeness (QED) is 0.864. The van der Waals surface area contributed by atoms with E-state index < -0.39 is 0 Å². The van der Waals surface area contributed by atoms with Gasteiger partial charge in [0.2, 0.25) is 0 Å². The lowest BCUT2D eigenvalue weighted by atomic mass is 10.0.